The summed E-state index contributed by atoms with van der Waals surface area (Å²) in [7, 11) is -3.40. The van der Waals surface area contributed by atoms with Crippen LogP contribution in [-0.2, 0) is 34.4 Å². The number of benzene rings is 4. The Balaban J connectivity index is 1.59. The number of ether oxygens (including phenoxy) is 2. The molecule has 11 heteroatoms. The minimum absolute atomic E-state index is 0.0287. The first-order chi connectivity index (χ1) is 20.1. The molecule has 0 amide bonds. The third kappa shape index (κ3) is 8.11. The van der Waals surface area contributed by atoms with Crippen LogP contribution < -0.4 is 14.8 Å². The number of nitrogens with one attached hydrogen (secondary N) is 1. The van der Waals surface area contributed by atoms with Crippen molar-refractivity contribution in [2.24, 2.45) is 0 Å². The molecule has 0 spiro atoms. The molecule has 0 saturated heterocycles. The molecule has 1 atom stereocenters. The lowest BCUT2D eigenvalue weighted by molar-refractivity contribution is -0.140. The summed E-state index contributed by atoms with van der Waals surface area (Å²) in [5.74, 6) is -0.507. The average Bonchev–Trinajstić information content (AvgIpc) is 2.97. The van der Waals surface area contributed by atoms with Crippen LogP contribution in [0.15, 0.2) is 94.3 Å². The Hall–Kier alpha value is -3.41. The average molecular weight is 675 g/mol. The molecule has 0 aliphatic carbocycles. The van der Waals surface area contributed by atoms with Gasteiger partial charge in [0.2, 0.25) is 0 Å². The molecule has 42 heavy (non-hydrogen) atoms. The van der Waals surface area contributed by atoms with Crippen molar-refractivity contribution in [2.45, 2.75) is 30.7 Å². The molecule has 1 unspecified atom stereocenters. The molecular weight excluding hydrogens is 646 g/mol. The summed E-state index contributed by atoms with van der Waals surface area (Å²) in [6.45, 7) is -0.346. The number of aliphatic carboxylic acids is 1. The van der Waals surface area contributed by atoms with E-state index in [-0.39, 0.29) is 29.7 Å². The van der Waals surface area contributed by atoms with E-state index >= 15 is 0 Å². The van der Waals surface area contributed by atoms with Crippen LogP contribution in [0.25, 0.3) is 11.1 Å². The third-order valence-corrected chi connectivity index (χ3v) is 8.74. The first-order valence-electron chi connectivity index (χ1n) is 12.8. The number of rotatable bonds is 13. The fraction of sp³-hybridized carbons (Fsp3) is 0.194. The number of hydrogen-bond acceptors (Lipinski definition) is 7. The lowest BCUT2D eigenvalue weighted by Crippen LogP contribution is -2.39. The summed E-state index contributed by atoms with van der Waals surface area (Å²) in [5.41, 5.74) is 4.11. The van der Waals surface area contributed by atoms with Crippen LogP contribution in [-0.4, -0.2) is 43.5 Å². The van der Waals surface area contributed by atoms with Crippen LogP contribution in [0, 0.1) is 0 Å². The van der Waals surface area contributed by atoms with Gasteiger partial charge in [0, 0.05) is 34.5 Å². The molecule has 0 aliphatic rings. The number of aliphatic hydroxyl groups excluding tert-OH is 1. The van der Waals surface area contributed by atoms with E-state index in [1.807, 2.05) is 48.5 Å². The van der Waals surface area contributed by atoms with Gasteiger partial charge < -0.3 is 19.7 Å². The van der Waals surface area contributed by atoms with Gasteiger partial charge >= 0.3 is 5.97 Å². The summed E-state index contributed by atoms with van der Waals surface area (Å²) >= 11 is 10.3. The molecule has 3 N–H and O–H groups in total. The molecule has 0 saturated carbocycles. The molecule has 4 rings (SSSR count). The smallest absolute Gasteiger partial charge is 0.323 e. The summed E-state index contributed by atoms with van der Waals surface area (Å²) in [6.07, 6.45) is 1.13. The summed E-state index contributed by atoms with van der Waals surface area (Å²) < 4.78 is 37.1. The maximum atomic E-state index is 12.0. The van der Waals surface area contributed by atoms with Gasteiger partial charge in [-0.05, 0) is 50.8 Å². The highest BCUT2D eigenvalue weighted by Gasteiger charge is 2.19. The van der Waals surface area contributed by atoms with Crippen LogP contribution in [0.3, 0.4) is 0 Å². The van der Waals surface area contributed by atoms with Gasteiger partial charge in [-0.2, -0.15) is 0 Å². The number of carbonyl (C=O) groups is 1. The van der Waals surface area contributed by atoms with E-state index in [4.69, 9.17) is 21.1 Å². The fourth-order valence-electron chi connectivity index (χ4n) is 4.14. The summed E-state index contributed by atoms with van der Waals surface area (Å²) in [6, 6.07) is 24.3. The van der Waals surface area contributed by atoms with E-state index in [1.54, 1.807) is 24.3 Å². The zero-order chi connectivity index (χ0) is 30.3. The largest absolute Gasteiger partial charge is 0.488 e. The van der Waals surface area contributed by atoms with Crippen LogP contribution in [0.1, 0.15) is 16.7 Å². The van der Waals surface area contributed by atoms with Crippen molar-refractivity contribution in [3.8, 4) is 22.6 Å². The third-order valence-electron chi connectivity index (χ3n) is 6.40. The Labute approximate surface area is 257 Å². The lowest BCUT2D eigenvalue weighted by atomic mass is 10.0. The topological polar surface area (TPSA) is 122 Å². The standard InChI is InChI=1S/C31H29BrClNO7S/c1-42(38,39)24-11-5-7-20(13-24)18-40-28-15-29(26(33)14-23(28)16-34-27(17-35)31(36)37)41-19-22-10-6-12-25(30(22)32)21-8-3-2-4-9-21/h2-15,27,34-35H,16-19H2,1H3,(H,36,37). The molecule has 0 aliphatic heterocycles. The van der Waals surface area contributed by atoms with Crippen LogP contribution in [0.5, 0.6) is 11.5 Å². The quantitative estimate of drug-likeness (QED) is 0.161. The maximum Gasteiger partial charge on any atom is 0.323 e. The minimum atomic E-state index is -3.40. The second-order valence-corrected chi connectivity index (χ2v) is 12.7. The lowest BCUT2D eigenvalue weighted by Gasteiger charge is -2.18. The summed E-state index contributed by atoms with van der Waals surface area (Å²) in [5, 5.41) is 21.8. The minimum Gasteiger partial charge on any atom is -0.488 e. The van der Waals surface area contributed by atoms with Crippen molar-refractivity contribution in [1.82, 2.24) is 5.32 Å². The van der Waals surface area contributed by atoms with Crippen LogP contribution in [0.2, 0.25) is 5.02 Å². The van der Waals surface area contributed by atoms with Crippen LogP contribution >= 0.6 is 27.5 Å². The van der Waals surface area contributed by atoms with Gasteiger partial charge in [0.05, 0.1) is 16.5 Å². The molecular formula is C31H29BrClNO7S. The first-order valence-corrected chi connectivity index (χ1v) is 15.9. The number of carboxylic acid groups (broad SMARTS) is 1. The molecule has 0 aromatic heterocycles. The molecule has 0 bridgehead atoms. The predicted molar refractivity (Wildman–Crippen MR) is 165 cm³/mol. The van der Waals surface area contributed by atoms with Gasteiger partial charge in [-0.15, -0.1) is 0 Å². The van der Waals surface area contributed by atoms with E-state index < -0.39 is 28.5 Å². The Morgan fingerprint density at radius 1 is 0.929 bits per heavy atom. The zero-order valence-electron chi connectivity index (χ0n) is 22.6. The van der Waals surface area contributed by atoms with E-state index in [0.29, 0.717) is 22.6 Å². The van der Waals surface area contributed by atoms with Crippen molar-refractivity contribution in [2.75, 3.05) is 12.9 Å². The van der Waals surface area contributed by atoms with E-state index in [2.05, 4.69) is 21.2 Å². The normalized spacial score (nSPS) is 12.1. The fourth-order valence-corrected chi connectivity index (χ4v) is 5.68. The Morgan fingerprint density at radius 3 is 2.33 bits per heavy atom. The van der Waals surface area contributed by atoms with Gasteiger partial charge in [0.25, 0.3) is 0 Å². The van der Waals surface area contributed by atoms with Gasteiger partial charge in [-0.3, -0.25) is 10.1 Å². The Kier molecular flexibility index (Phi) is 10.6. The van der Waals surface area contributed by atoms with Gasteiger partial charge in [-0.1, -0.05) is 72.3 Å². The van der Waals surface area contributed by atoms with Crippen molar-refractivity contribution in [3.63, 3.8) is 0 Å². The molecule has 0 radical (unpaired) electrons. The van der Waals surface area contributed by atoms with Crippen LogP contribution in [0.4, 0.5) is 0 Å². The van der Waals surface area contributed by atoms with Gasteiger partial charge in [0.15, 0.2) is 9.84 Å². The van der Waals surface area contributed by atoms with E-state index in [0.717, 1.165) is 27.4 Å². The van der Waals surface area contributed by atoms with Crippen molar-refractivity contribution in [3.05, 3.63) is 111 Å². The van der Waals surface area contributed by atoms with E-state index in [9.17, 15) is 23.4 Å². The molecule has 4 aromatic carbocycles. The second kappa shape index (κ2) is 14.2. The zero-order valence-corrected chi connectivity index (χ0v) is 25.7. The van der Waals surface area contributed by atoms with Crippen molar-refractivity contribution in [1.29, 1.82) is 0 Å². The number of sulfone groups is 1. The monoisotopic (exact) mass is 673 g/mol. The molecule has 4 aromatic rings. The number of hydrogen-bond donors (Lipinski definition) is 3. The van der Waals surface area contributed by atoms with Gasteiger partial charge in [0.1, 0.15) is 30.8 Å². The second-order valence-electron chi connectivity index (χ2n) is 9.49. The highest BCUT2D eigenvalue weighted by Crippen LogP contribution is 2.36. The first kappa shape index (κ1) is 31.5. The molecule has 0 heterocycles. The highest BCUT2D eigenvalue weighted by atomic mass is 79.9. The predicted octanol–water partition coefficient (Wildman–Crippen LogP) is 5.87. The Morgan fingerprint density at radius 2 is 1.64 bits per heavy atom. The number of carboxylic acids is 1. The SMILES string of the molecule is CS(=O)(=O)c1cccc(COc2cc(OCc3cccc(-c4ccccc4)c3Br)c(Cl)cc2CNC(CO)C(=O)O)c1. The molecule has 0 fully saturated rings. The Bertz CT molecular complexity index is 1670. The van der Waals surface area contributed by atoms with Crippen molar-refractivity contribution < 1.29 is 32.9 Å². The number of aliphatic hydroxyl groups is 1. The van der Waals surface area contributed by atoms with E-state index in [1.165, 1.54) is 12.1 Å². The van der Waals surface area contributed by atoms with Gasteiger partial charge in [-0.25, -0.2) is 8.42 Å². The maximum absolute atomic E-state index is 12.0. The summed E-state index contributed by atoms with van der Waals surface area (Å²) in [4.78, 5) is 11.6. The molecule has 220 valence electrons. The van der Waals surface area contributed by atoms with Crippen molar-refractivity contribution >= 4 is 43.3 Å². The number of halogens is 2. The molecule has 8 nitrogen and oxygen atoms in total. The highest BCUT2D eigenvalue weighted by molar-refractivity contribution is 9.10.